The third-order valence-electron chi connectivity index (χ3n) is 3.03. The minimum Gasteiger partial charge on any atom is -0.370 e. The Morgan fingerprint density at radius 1 is 1.29 bits per heavy atom. The first kappa shape index (κ1) is 11.7. The number of guanidine groups is 1. The first-order valence-electron chi connectivity index (χ1n) is 5.81. The second kappa shape index (κ2) is 5.05. The summed E-state index contributed by atoms with van der Waals surface area (Å²) in [6.45, 7) is 2.44. The van der Waals surface area contributed by atoms with Crippen molar-refractivity contribution in [3.8, 4) is 0 Å². The van der Waals surface area contributed by atoms with Crippen molar-refractivity contribution < 1.29 is 0 Å². The van der Waals surface area contributed by atoms with Crippen LogP contribution in [0, 0.1) is 0 Å². The Kier molecular flexibility index (Phi) is 3.49. The molecule has 1 aromatic rings. The molecular weight excluding hydrogens is 214 g/mol. The van der Waals surface area contributed by atoms with Gasteiger partial charge in [-0.2, -0.15) is 0 Å². The number of hydrogen-bond donors (Lipinski definition) is 3. The highest BCUT2D eigenvalue weighted by Gasteiger charge is 2.22. The molecule has 6 N–H and O–H groups in total. The van der Waals surface area contributed by atoms with E-state index in [4.69, 9.17) is 17.2 Å². The molecule has 1 unspecified atom stereocenters. The molecule has 0 radical (unpaired) electrons. The third-order valence-corrected chi connectivity index (χ3v) is 3.03. The molecule has 1 aliphatic rings. The fourth-order valence-corrected chi connectivity index (χ4v) is 2.14. The van der Waals surface area contributed by atoms with Gasteiger partial charge in [-0.25, -0.2) is 4.99 Å². The van der Waals surface area contributed by atoms with Gasteiger partial charge in [0, 0.05) is 25.3 Å². The zero-order valence-electron chi connectivity index (χ0n) is 9.84. The lowest BCUT2D eigenvalue weighted by molar-refractivity contribution is 0.751. The number of rotatable bonds is 3. The van der Waals surface area contributed by atoms with Crippen molar-refractivity contribution in [3.05, 3.63) is 29.8 Å². The molecule has 2 rings (SSSR count). The van der Waals surface area contributed by atoms with E-state index in [2.05, 4.69) is 34.2 Å². The molecule has 1 aromatic carbocycles. The molecule has 0 aliphatic carbocycles. The minimum absolute atomic E-state index is 0.176. The summed E-state index contributed by atoms with van der Waals surface area (Å²) in [5.74, 6) is 0.176. The van der Waals surface area contributed by atoms with E-state index in [-0.39, 0.29) is 12.0 Å². The van der Waals surface area contributed by atoms with E-state index in [1.54, 1.807) is 0 Å². The predicted octanol–water partition coefficient (Wildman–Crippen LogP) is -0.00260. The average molecular weight is 233 g/mol. The standard InChI is InChI=1S/C12H19N5/c13-7-9-1-3-11(4-2-9)17-6-5-10(8-17)16-12(14)15/h1-4,10H,5-8,13H2,(H4,14,15,16). The predicted molar refractivity (Wildman–Crippen MR) is 70.8 cm³/mol. The van der Waals surface area contributed by atoms with Gasteiger partial charge < -0.3 is 22.1 Å². The number of nitrogens with two attached hydrogens (primary N) is 3. The third kappa shape index (κ3) is 2.88. The molecule has 1 aliphatic heterocycles. The van der Waals surface area contributed by atoms with Gasteiger partial charge in [0.1, 0.15) is 0 Å². The van der Waals surface area contributed by atoms with Gasteiger partial charge in [-0.1, -0.05) is 12.1 Å². The molecule has 92 valence electrons. The SMILES string of the molecule is NCc1ccc(N2CCC(N=C(N)N)C2)cc1. The van der Waals surface area contributed by atoms with E-state index < -0.39 is 0 Å². The fraction of sp³-hybridized carbons (Fsp3) is 0.417. The summed E-state index contributed by atoms with van der Waals surface area (Å²) in [5, 5.41) is 0. The maximum atomic E-state index is 5.57. The molecule has 0 amide bonds. The van der Waals surface area contributed by atoms with Crippen LogP contribution in [-0.2, 0) is 6.54 Å². The highest BCUT2D eigenvalue weighted by atomic mass is 15.2. The molecule has 0 aromatic heterocycles. The summed E-state index contributed by atoms with van der Waals surface area (Å²) >= 11 is 0. The van der Waals surface area contributed by atoms with E-state index >= 15 is 0 Å². The van der Waals surface area contributed by atoms with Crippen LogP contribution in [0.2, 0.25) is 0 Å². The van der Waals surface area contributed by atoms with E-state index in [0.717, 1.165) is 25.1 Å². The second-order valence-electron chi connectivity index (χ2n) is 4.31. The largest absolute Gasteiger partial charge is 0.370 e. The van der Waals surface area contributed by atoms with Crippen LogP contribution >= 0.6 is 0 Å². The molecule has 0 bridgehead atoms. The van der Waals surface area contributed by atoms with Gasteiger partial charge in [0.2, 0.25) is 0 Å². The molecule has 1 heterocycles. The Morgan fingerprint density at radius 2 is 2.00 bits per heavy atom. The van der Waals surface area contributed by atoms with Gasteiger partial charge in [-0.05, 0) is 24.1 Å². The van der Waals surface area contributed by atoms with Crippen molar-refractivity contribution in [2.75, 3.05) is 18.0 Å². The van der Waals surface area contributed by atoms with Crippen molar-refractivity contribution in [1.29, 1.82) is 0 Å². The quantitative estimate of drug-likeness (QED) is 0.506. The van der Waals surface area contributed by atoms with E-state index in [0.29, 0.717) is 6.54 Å². The zero-order valence-corrected chi connectivity index (χ0v) is 9.84. The number of benzene rings is 1. The van der Waals surface area contributed by atoms with E-state index in [1.807, 2.05) is 0 Å². The van der Waals surface area contributed by atoms with Gasteiger partial charge in [-0.15, -0.1) is 0 Å². The summed E-state index contributed by atoms with van der Waals surface area (Å²) in [6, 6.07) is 8.53. The highest BCUT2D eigenvalue weighted by Crippen LogP contribution is 2.22. The first-order valence-corrected chi connectivity index (χ1v) is 5.81. The Labute approximate surface area is 101 Å². The molecule has 5 nitrogen and oxygen atoms in total. The van der Waals surface area contributed by atoms with Crippen LogP contribution in [-0.4, -0.2) is 25.1 Å². The Bertz CT molecular complexity index is 394. The number of anilines is 1. The molecular formula is C12H19N5. The topological polar surface area (TPSA) is 93.7 Å². The summed E-state index contributed by atoms with van der Waals surface area (Å²) in [4.78, 5) is 6.49. The highest BCUT2D eigenvalue weighted by molar-refractivity contribution is 5.76. The van der Waals surface area contributed by atoms with Gasteiger partial charge >= 0.3 is 0 Å². The number of nitrogens with zero attached hydrogens (tertiary/aromatic N) is 2. The Hall–Kier alpha value is -1.75. The van der Waals surface area contributed by atoms with Crippen LogP contribution in [0.3, 0.4) is 0 Å². The van der Waals surface area contributed by atoms with Crippen LogP contribution in [0.25, 0.3) is 0 Å². The first-order chi connectivity index (χ1) is 8.19. The van der Waals surface area contributed by atoms with Crippen molar-refractivity contribution in [1.82, 2.24) is 0 Å². The summed E-state index contributed by atoms with van der Waals surface area (Å²) in [6.07, 6.45) is 0.997. The Morgan fingerprint density at radius 3 is 2.59 bits per heavy atom. The molecule has 1 saturated heterocycles. The molecule has 0 saturated carbocycles. The Balaban J connectivity index is 2.02. The summed E-state index contributed by atoms with van der Waals surface area (Å²) in [7, 11) is 0. The minimum atomic E-state index is 0.176. The lowest BCUT2D eigenvalue weighted by Crippen LogP contribution is -2.27. The van der Waals surface area contributed by atoms with Gasteiger partial charge in [0.05, 0.1) is 6.04 Å². The van der Waals surface area contributed by atoms with E-state index in [1.165, 1.54) is 5.69 Å². The average Bonchev–Trinajstić information content (AvgIpc) is 2.77. The van der Waals surface area contributed by atoms with Crippen molar-refractivity contribution in [3.63, 3.8) is 0 Å². The lowest BCUT2D eigenvalue weighted by atomic mass is 10.2. The summed E-state index contributed by atoms with van der Waals surface area (Å²) < 4.78 is 0. The van der Waals surface area contributed by atoms with Crippen LogP contribution in [0.1, 0.15) is 12.0 Å². The van der Waals surface area contributed by atoms with E-state index in [9.17, 15) is 0 Å². The van der Waals surface area contributed by atoms with Gasteiger partial charge in [0.15, 0.2) is 5.96 Å². The molecule has 5 heteroatoms. The summed E-state index contributed by atoms with van der Waals surface area (Å²) in [5.41, 5.74) is 18.7. The van der Waals surface area contributed by atoms with Crippen LogP contribution in [0.5, 0.6) is 0 Å². The maximum Gasteiger partial charge on any atom is 0.186 e. The zero-order chi connectivity index (χ0) is 12.3. The van der Waals surface area contributed by atoms with Crippen LogP contribution in [0.4, 0.5) is 5.69 Å². The molecule has 1 atom stereocenters. The van der Waals surface area contributed by atoms with Crippen LogP contribution < -0.4 is 22.1 Å². The fourth-order valence-electron chi connectivity index (χ4n) is 2.14. The van der Waals surface area contributed by atoms with Gasteiger partial charge in [0.25, 0.3) is 0 Å². The maximum absolute atomic E-state index is 5.57. The lowest BCUT2D eigenvalue weighted by Gasteiger charge is -2.18. The molecule has 17 heavy (non-hydrogen) atoms. The normalized spacial score (nSPS) is 19.4. The molecule has 0 spiro atoms. The van der Waals surface area contributed by atoms with Crippen LogP contribution in [0.15, 0.2) is 29.3 Å². The van der Waals surface area contributed by atoms with Gasteiger partial charge in [-0.3, -0.25) is 0 Å². The smallest absolute Gasteiger partial charge is 0.186 e. The van der Waals surface area contributed by atoms with Crippen molar-refractivity contribution in [2.24, 2.45) is 22.2 Å². The second-order valence-corrected chi connectivity index (χ2v) is 4.31. The number of hydrogen-bond acceptors (Lipinski definition) is 3. The van der Waals surface area contributed by atoms with Crippen molar-refractivity contribution in [2.45, 2.75) is 19.0 Å². The molecule has 1 fully saturated rings. The number of aliphatic imine (C=N–C) groups is 1. The monoisotopic (exact) mass is 233 g/mol. The van der Waals surface area contributed by atoms with Crippen molar-refractivity contribution >= 4 is 11.6 Å².